The highest BCUT2D eigenvalue weighted by Crippen LogP contribution is 2.01. The molecule has 0 aliphatic rings. The van der Waals surface area contributed by atoms with E-state index in [1.807, 2.05) is 6.92 Å². The molecular formula is C10H15N5O2. The molecule has 1 aromatic rings. The molecular weight excluding hydrogens is 222 g/mol. The van der Waals surface area contributed by atoms with Gasteiger partial charge in [0.2, 0.25) is 5.91 Å². The van der Waals surface area contributed by atoms with Crippen LogP contribution in [0.4, 0.5) is 5.82 Å². The van der Waals surface area contributed by atoms with Crippen LogP contribution in [0, 0.1) is 0 Å². The SMILES string of the molecule is CCCNc1cncc(C(=O)NCC(N)=O)n1. The number of carbonyl (C=O) groups excluding carboxylic acids is 2. The smallest absolute Gasteiger partial charge is 0.272 e. The number of aromatic nitrogens is 2. The maximum Gasteiger partial charge on any atom is 0.272 e. The van der Waals surface area contributed by atoms with Gasteiger partial charge in [-0.3, -0.25) is 14.6 Å². The molecule has 17 heavy (non-hydrogen) atoms. The van der Waals surface area contributed by atoms with Gasteiger partial charge >= 0.3 is 0 Å². The summed E-state index contributed by atoms with van der Waals surface area (Å²) in [4.78, 5) is 30.0. The fourth-order valence-corrected chi connectivity index (χ4v) is 1.07. The lowest BCUT2D eigenvalue weighted by molar-refractivity contribution is -0.117. The fraction of sp³-hybridized carbons (Fsp3) is 0.400. The quantitative estimate of drug-likeness (QED) is 0.618. The Labute approximate surface area is 98.8 Å². The molecule has 0 saturated heterocycles. The fourth-order valence-electron chi connectivity index (χ4n) is 1.07. The molecule has 0 radical (unpaired) electrons. The summed E-state index contributed by atoms with van der Waals surface area (Å²) < 4.78 is 0. The largest absolute Gasteiger partial charge is 0.369 e. The van der Waals surface area contributed by atoms with Gasteiger partial charge < -0.3 is 16.4 Å². The molecule has 0 saturated carbocycles. The number of nitrogens with zero attached hydrogens (tertiary/aromatic N) is 2. The zero-order chi connectivity index (χ0) is 12.7. The molecule has 1 rings (SSSR count). The number of nitrogens with two attached hydrogens (primary N) is 1. The van der Waals surface area contributed by atoms with E-state index in [-0.39, 0.29) is 12.2 Å². The number of amides is 2. The van der Waals surface area contributed by atoms with Crippen LogP contribution in [0.5, 0.6) is 0 Å². The lowest BCUT2D eigenvalue weighted by Gasteiger charge is -2.05. The molecule has 1 aromatic heterocycles. The average molecular weight is 237 g/mol. The van der Waals surface area contributed by atoms with Gasteiger partial charge in [0.1, 0.15) is 11.5 Å². The first-order valence-corrected chi connectivity index (χ1v) is 5.26. The second-order valence-corrected chi connectivity index (χ2v) is 3.37. The highest BCUT2D eigenvalue weighted by Gasteiger charge is 2.09. The van der Waals surface area contributed by atoms with E-state index in [0.29, 0.717) is 5.82 Å². The second kappa shape index (κ2) is 6.41. The van der Waals surface area contributed by atoms with Crippen molar-refractivity contribution in [1.82, 2.24) is 15.3 Å². The molecule has 0 aromatic carbocycles. The standard InChI is InChI=1S/C10H15N5O2/c1-2-3-13-9-6-12-4-7(15-9)10(17)14-5-8(11)16/h4,6H,2-3,5H2,1H3,(H2,11,16)(H,13,15)(H,14,17). The summed E-state index contributed by atoms with van der Waals surface area (Å²) in [6, 6.07) is 0. The van der Waals surface area contributed by atoms with Crippen LogP contribution in [0.1, 0.15) is 23.8 Å². The molecule has 4 N–H and O–H groups in total. The Balaban J connectivity index is 2.63. The van der Waals surface area contributed by atoms with Gasteiger partial charge in [-0.15, -0.1) is 0 Å². The van der Waals surface area contributed by atoms with Crippen LogP contribution in [0.2, 0.25) is 0 Å². The summed E-state index contributed by atoms with van der Waals surface area (Å²) >= 11 is 0. The van der Waals surface area contributed by atoms with E-state index in [9.17, 15) is 9.59 Å². The van der Waals surface area contributed by atoms with Gasteiger partial charge in [-0.2, -0.15) is 0 Å². The van der Waals surface area contributed by atoms with Crippen molar-refractivity contribution in [3.05, 3.63) is 18.1 Å². The lowest BCUT2D eigenvalue weighted by atomic mass is 10.4. The molecule has 1 heterocycles. The number of carbonyl (C=O) groups is 2. The van der Waals surface area contributed by atoms with Crippen molar-refractivity contribution in [3.63, 3.8) is 0 Å². The molecule has 0 atom stereocenters. The van der Waals surface area contributed by atoms with Crippen LogP contribution in [0.15, 0.2) is 12.4 Å². The van der Waals surface area contributed by atoms with Gasteiger partial charge in [0.05, 0.1) is 18.9 Å². The highest BCUT2D eigenvalue weighted by molar-refractivity contribution is 5.94. The van der Waals surface area contributed by atoms with Crippen molar-refractivity contribution in [3.8, 4) is 0 Å². The number of primary amides is 1. The predicted molar refractivity (Wildman–Crippen MR) is 62.3 cm³/mol. The predicted octanol–water partition coefficient (Wildman–Crippen LogP) is -0.486. The van der Waals surface area contributed by atoms with E-state index in [4.69, 9.17) is 5.73 Å². The summed E-state index contributed by atoms with van der Waals surface area (Å²) in [7, 11) is 0. The number of rotatable bonds is 6. The third-order valence-corrected chi connectivity index (χ3v) is 1.85. The van der Waals surface area contributed by atoms with E-state index in [1.54, 1.807) is 0 Å². The minimum Gasteiger partial charge on any atom is -0.369 e. The Morgan fingerprint density at radius 3 is 2.82 bits per heavy atom. The van der Waals surface area contributed by atoms with Crippen LogP contribution in [0.3, 0.4) is 0 Å². The molecule has 0 unspecified atom stereocenters. The molecule has 7 nitrogen and oxygen atoms in total. The molecule has 0 bridgehead atoms. The zero-order valence-corrected chi connectivity index (χ0v) is 9.56. The maximum atomic E-state index is 11.5. The molecule has 0 spiro atoms. The Morgan fingerprint density at radius 1 is 1.41 bits per heavy atom. The second-order valence-electron chi connectivity index (χ2n) is 3.37. The van der Waals surface area contributed by atoms with Gasteiger partial charge in [0.15, 0.2) is 0 Å². The third-order valence-electron chi connectivity index (χ3n) is 1.85. The number of hydrogen-bond donors (Lipinski definition) is 3. The topological polar surface area (TPSA) is 110 Å². The Bertz CT molecular complexity index is 407. The zero-order valence-electron chi connectivity index (χ0n) is 9.56. The van der Waals surface area contributed by atoms with Crippen molar-refractivity contribution >= 4 is 17.6 Å². The van der Waals surface area contributed by atoms with Crippen LogP contribution in [-0.4, -0.2) is 34.9 Å². The van der Waals surface area contributed by atoms with Crippen molar-refractivity contribution in [2.45, 2.75) is 13.3 Å². The molecule has 7 heteroatoms. The maximum absolute atomic E-state index is 11.5. The molecule has 0 fully saturated rings. The number of anilines is 1. The minimum absolute atomic E-state index is 0.146. The Morgan fingerprint density at radius 2 is 2.18 bits per heavy atom. The molecule has 2 amide bonds. The van der Waals surface area contributed by atoms with E-state index in [0.717, 1.165) is 13.0 Å². The first kappa shape index (κ1) is 12.9. The van der Waals surface area contributed by atoms with Gasteiger partial charge in [-0.05, 0) is 6.42 Å². The van der Waals surface area contributed by atoms with E-state index < -0.39 is 11.8 Å². The summed E-state index contributed by atoms with van der Waals surface area (Å²) in [5, 5.41) is 5.35. The van der Waals surface area contributed by atoms with Gasteiger partial charge in [-0.1, -0.05) is 6.92 Å². The van der Waals surface area contributed by atoms with Crippen LogP contribution < -0.4 is 16.4 Å². The van der Waals surface area contributed by atoms with Crippen LogP contribution >= 0.6 is 0 Å². The summed E-state index contributed by atoms with van der Waals surface area (Å²) in [6.45, 7) is 2.55. The Kier molecular flexibility index (Phi) is 4.86. The monoisotopic (exact) mass is 237 g/mol. The first-order valence-electron chi connectivity index (χ1n) is 5.26. The normalized spacial score (nSPS) is 9.71. The van der Waals surface area contributed by atoms with Crippen molar-refractivity contribution in [1.29, 1.82) is 0 Å². The van der Waals surface area contributed by atoms with Crippen molar-refractivity contribution in [2.75, 3.05) is 18.4 Å². The van der Waals surface area contributed by atoms with Gasteiger partial charge in [0.25, 0.3) is 5.91 Å². The molecule has 0 aliphatic carbocycles. The Hall–Kier alpha value is -2.18. The van der Waals surface area contributed by atoms with Gasteiger partial charge in [0, 0.05) is 6.54 Å². The van der Waals surface area contributed by atoms with Gasteiger partial charge in [-0.25, -0.2) is 4.98 Å². The molecule has 92 valence electrons. The van der Waals surface area contributed by atoms with E-state index in [2.05, 4.69) is 20.6 Å². The lowest BCUT2D eigenvalue weighted by Crippen LogP contribution is -2.33. The highest BCUT2D eigenvalue weighted by atomic mass is 16.2. The van der Waals surface area contributed by atoms with Crippen LogP contribution in [-0.2, 0) is 4.79 Å². The third kappa shape index (κ3) is 4.45. The minimum atomic E-state index is -0.605. The summed E-state index contributed by atoms with van der Waals surface area (Å²) in [6.07, 6.45) is 3.80. The van der Waals surface area contributed by atoms with Crippen molar-refractivity contribution < 1.29 is 9.59 Å². The average Bonchev–Trinajstić information content (AvgIpc) is 2.33. The van der Waals surface area contributed by atoms with E-state index >= 15 is 0 Å². The van der Waals surface area contributed by atoms with Crippen LogP contribution in [0.25, 0.3) is 0 Å². The summed E-state index contributed by atoms with van der Waals surface area (Å²) in [5.74, 6) is -0.554. The number of nitrogens with one attached hydrogen (secondary N) is 2. The first-order chi connectivity index (χ1) is 8.13. The summed E-state index contributed by atoms with van der Waals surface area (Å²) in [5.41, 5.74) is 5.06. The number of hydrogen-bond acceptors (Lipinski definition) is 5. The molecule has 0 aliphatic heterocycles. The van der Waals surface area contributed by atoms with E-state index in [1.165, 1.54) is 12.4 Å². The van der Waals surface area contributed by atoms with Crippen molar-refractivity contribution in [2.24, 2.45) is 5.73 Å².